The van der Waals surface area contributed by atoms with Gasteiger partial charge in [0.25, 0.3) is 5.91 Å². The normalized spacial score (nSPS) is 13.2. The number of rotatable bonds is 10. The number of aryl methyl sites for hydroxylation is 1. The molecule has 3 N–H and O–H groups in total. The summed E-state index contributed by atoms with van der Waals surface area (Å²) in [5.41, 5.74) is 1.35. The Bertz CT molecular complexity index is 1900. The van der Waals surface area contributed by atoms with Crippen LogP contribution in [0.25, 0.3) is 0 Å². The van der Waals surface area contributed by atoms with Crippen LogP contribution < -0.4 is 10.6 Å². The standard InChI is InChI=1S/C34H28Cl4N2O6S2/c1-2-46-34(45)22-20-14-7-4-8-15-21(20)48-32(22)40-31(42)29(17-10-5-3-6-11-17)47-19-13-9-12-18(16-19)39-30(41)23-24(33(43)44)26(36)28(38)27(37)25(23)35/h3,5-6,9-13,16,29H,2,4,7-8,14-15H2,1H3,(H,39,41)(H,40,42)(H,43,44). The Hall–Kier alpha value is -3.25. The van der Waals surface area contributed by atoms with Crippen LogP contribution in [0.2, 0.25) is 20.1 Å². The minimum absolute atomic E-state index is 0.216. The zero-order valence-corrected chi connectivity index (χ0v) is 30.0. The highest BCUT2D eigenvalue weighted by molar-refractivity contribution is 8.00. The summed E-state index contributed by atoms with van der Waals surface area (Å²) in [6, 6.07) is 15.9. The van der Waals surface area contributed by atoms with Crippen LogP contribution in [0.1, 0.15) is 78.5 Å². The molecule has 48 heavy (non-hydrogen) atoms. The number of hydrogen-bond donors (Lipinski definition) is 3. The number of carbonyl (C=O) groups excluding carboxylic acids is 3. The average Bonchev–Trinajstić information content (AvgIpc) is 3.24. The molecule has 1 atom stereocenters. The van der Waals surface area contributed by atoms with Gasteiger partial charge < -0.3 is 20.5 Å². The van der Waals surface area contributed by atoms with E-state index in [9.17, 15) is 24.3 Å². The first-order chi connectivity index (χ1) is 23.0. The smallest absolute Gasteiger partial charge is 0.341 e. The molecule has 8 nitrogen and oxygen atoms in total. The summed E-state index contributed by atoms with van der Waals surface area (Å²) >= 11 is 27.2. The van der Waals surface area contributed by atoms with Gasteiger partial charge in [-0.25, -0.2) is 9.59 Å². The first-order valence-corrected chi connectivity index (χ1v) is 18.1. The van der Waals surface area contributed by atoms with Gasteiger partial charge in [0.1, 0.15) is 10.3 Å². The van der Waals surface area contributed by atoms with Gasteiger partial charge in [-0.1, -0.05) is 89.2 Å². The first kappa shape index (κ1) is 36.0. The van der Waals surface area contributed by atoms with Crippen LogP contribution in [0.15, 0.2) is 59.5 Å². The first-order valence-electron chi connectivity index (χ1n) is 14.9. The Labute approximate surface area is 305 Å². The molecule has 4 aromatic rings. The number of ether oxygens (including phenoxy) is 1. The van der Waals surface area contributed by atoms with Gasteiger partial charge >= 0.3 is 11.9 Å². The topological polar surface area (TPSA) is 122 Å². The minimum Gasteiger partial charge on any atom is -0.478 e. The number of thiophene rings is 1. The third-order valence-corrected chi connectivity index (χ3v) is 11.8. The lowest BCUT2D eigenvalue weighted by Gasteiger charge is -2.18. The van der Waals surface area contributed by atoms with Gasteiger partial charge in [0, 0.05) is 15.5 Å². The second-order valence-corrected chi connectivity index (χ2v) is 14.5. The van der Waals surface area contributed by atoms with Crippen molar-refractivity contribution in [2.45, 2.75) is 49.2 Å². The van der Waals surface area contributed by atoms with Crippen LogP contribution in [-0.4, -0.2) is 35.5 Å². The largest absolute Gasteiger partial charge is 0.478 e. The summed E-state index contributed by atoms with van der Waals surface area (Å²) < 4.78 is 5.39. The molecule has 14 heteroatoms. The molecule has 0 spiro atoms. The molecular weight excluding hydrogens is 738 g/mol. The van der Waals surface area contributed by atoms with Crippen LogP contribution in [-0.2, 0) is 22.4 Å². The van der Waals surface area contributed by atoms with E-state index in [2.05, 4.69) is 10.6 Å². The Morgan fingerprint density at radius 3 is 2.23 bits per heavy atom. The molecule has 5 rings (SSSR count). The highest BCUT2D eigenvalue weighted by Crippen LogP contribution is 2.43. The van der Waals surface area contributed by atoms with Crippen LogP contribution in [0.4, 0.5) is 10.7 Å². The summed E-state index contributed by atoms with van der Waals surface area (Å²) in [6.45, 7) is 1.97. The Morgan fingerprint density at radius 1 is 0.854 bits per heavy atom. The molecule has 250 valence electrons. The van der Waals surface area contributed by atoms with Crippen LogP contribution in [0.5, 0.6) is 0 Å². The van der Waals surface area contributed by atoms with E-state index in [1.165, 1.54) is 23.1 Å². The summed E-state index contributed by atoms with van der Waals surface area (Å²) in [5, 5.41) is 13.8. The number of hydrogen-bond acceptors (Lipinski definition) is 7. The van der Waals surface area contributed by atoms with E-state index >= 15 is 0 Å². The number of fused-ring (bicyclic) bond motifs is 1. The molecule has 0 saturated heterocycles. The molecule has 1 heterocycles. The highest BCUT2D eigenvalue weighted by atomic mass is 35.5. The van der Waals surface area contributed by atoms with E-state index in [-0.39, 0.29) is 27.6 Å². The van der Waals surface area contributed by atoms with Gasteiger partial charge in [-0.05, 0) is 61.9 Å². The van der Waals surface area contributed by atoms with Gasteiger partial charge in [0.05, 0.1) is 43.4 Å². The predicted octanol–water partition coefficient (Wildman–Crippen LogP) is 10.2. The van der Waals surface area contributed by atoms with E-state index in [0.29, 0.717) is 26.7 Å². The van der Waals surface area contributed by atoms with Crippen molar-refractivity contribution >= 4 is 104 Å². The quantitative estimate of drug-likeness (QED) is 0.0483. The third kappa shape index (κ3) is 7.80. The molecule has 0 bridgehead atoms. The van der Waals surface area contributed by atoms with Crippen molar-refractivity contribution < 1.29 is 29.0 Å². The lowest BCUT2D eigenvalue weighted by Crippen LogP contribution is -2.20. The number of nitrogens with one attached hydrogen (secondary N) is 2. The van der Waals surface area contributed by atoms with Crippen molar-refractivity contribution in [1.29, 1.82) is 0 Å². The number of carbonyl (C=O) groups is 4. The van der Waals surface area contributed by atoms with Gasteiger partial charge in [-0.2, -0.15) is 0 Å². The predicted molar refractivity (Wildman–Crippen MR) is 193 cm³/mol. The molecule has 1 aliphatic carbocycles. The van der Waals surface area contributed by atoms with E-state index in [1.54, 1.807) is 31.2 Å². The monoisotopic (exact) mass is 764 g/mol. The SMILES string of the molecule is CCOC(=O)c1c(NC(=O)C(Sc2cccc(NC(=O)c3c(Cl)c(Cl)c(Cl)c(Cl)c3C(=O)O)c2)c2ccccc2)sc2c1CCCCC2. The fraction of sp³-hybridized carbons (Fsp3) is 0.235. The number of halogens is 4. The number of thioether (sulfide) groups is 1. The number of amides is 2. The van der Waals surface area contributed by atoms with Gasteiger partial charge in [-0.3, -0.25) is 9.59 Å². The summed E-state index contributed by atoms with van der Waals surface area (Å²) in [4.78, 5) is 54.2. The lowest BCUT2D eigenvalue weighted by molar-refractivity contribution is -0.115. The number of carboxylic acids is 1. The maximum Gasteiger partial charge on any atom is 0.341 e. The number of anilines is 2. The van der Waals surface area contributed by atoms with E-state index < -0.39 is 39.2 Å². The molecule has 0 aliphatic heterocycles. The van der Waals surface area contributed by atoms with Crippen molar-refractivity contribution in [3.05, 3.63) is 107 Å². The molecule has 1 aliphatic rings. The average molecular weight is 767 g/mol. The molecule has 3 aromatic carbocycles. The van der Waals surface area contributed by atoms with Gasteiger partial charge in [-0.15, -0.1) is 23.1 Å². The van der Waals surface area contributed by atoms with Gasteiger partial charge in [0.2, 0.25) is 5.91 Å². The van der Waals surface area contributed by atoms with Crippen LogP contribution in [0.3, 0.4) is 0 Å². The van der Waals surface area contributed by atoms with Crippen molar-refractivity contribution in [2.75, 3.05) is 17.2 Å². The number of benzene rings is 3. The maximum absolute atomic E-state index is 14.1. The summed E-state index contributed by atoms with van der Waals surface area (Å²) in [7, 11) is 0. The fourth-order valence-corrected chi connectivity index (χ4v) is 8.73. The minimum atomic E-state index is -1.51. The number of carboxylic acid groups (broad SMARTS) is 1. The van der Waals surface area contributed by atoms with Crippen molar-refractivity contribution in [2.24, 2.45) is 0 Å². The zero-order chi connectivity index (χ0) is 34.5. The van der Waals surface area contributed by atoms with Crippen LogP contribution >= 0.6 is 69.5 Å². The second kappa shape index (κ2) is 16.0. The number of aromatic carboxylic acids is 1. The Kier molecular flexibility index (Phi) is 12.0. The van der Waals surface area contributed by atoms with E-state index in [0.717, 1.165) is 42.5 Å². The fourth-order valence-electron chi connectivity index (χ4n) is 5.35. The summed E-state index contributed by atoms with van der Waals surface area (Å²) in [5.74, 6) is -3.18. The second-order valence-electron chi connectivity index (χ2n) is 10.7. The van der Waals surface area contributed by atoms with Crippen molar-refractivity contribution in [3.8, 4) is 0 Å². The molecular formula is C34H28Cl4N2O6S2. The Morgan fingerprint density at radius 2 is 1.54 bits per heavy atom. The zero-order valence-electron chi connectivity index (χ0n) is 25.3. The van der Waals surface area contributed by atoms with Crippen LogP contribution in [0, 0.1) is 0 Å². The van der Waals surface area contributed by atoms with Gasteiger partial charge in [0.15, 0.2) is 0 Å². The molecule has 0 fully saturated rings. The molecule has 1 aromatic heterocycles. The molecule has 0 saturated carbocycles. The lowest BCUT2D eigenvalue weighted by atomic mass is 10.1. The van der Waals surface area contributed by atoms with Crippen molar-refractivity contribution in [1.82, 2.24) is 0 Å². The molecule has 2 amide bonds. The van der Waals surface area contributed by atoms with Crippen molar-refractivity contribution in [3.63, 3.8) is 0 Å². The highest BCUT2D eigenvalue weighted by Gasteiger charge is 2.31. The van der Waals surface area contributed by atoms with E-state index in [1.807, 2.05) is 30.3 Å². The Balaban J connectivity index is 1.44. The molecule has 1 unspecified atom stereocenters. The summed E-state index contributed by atoms with van der Waals surface area (Å²) in [6.07, 6.45) is 4.64. The molecule has 0 radical (unpaired) electrons. The van der Waals surface area contributed by atoms with E-state index in [4.69, 9.17) is 51.1 Å². The number of esters is 1. The maximum atomic E-state index is 14.1. The third-order valence-electron chi connectivity index (χ3n) is 7.53.